The van der Waals surface area contributed by atoms with E-state index in [1.165, 1.54) is 29.7 Å². The number of aromatic nitrogens is 3. The molecular formula is C27H29N5O4. The molecule has 1 unspecified atom stereocenters. The van der Waals surface area contributed by atoms with Crippen LogP contribution in [0.4, 0.5) is 0 Å². The number of benzene rings is 1. The third kappa shape index (κ3) is 5.13. The van der Waals surface area contributed by atoms with Crippen LogP contribution in [0.15, 0.2) is 59.5 Å². The highest BCUT2D eigenvalue weighted by molar-refractivity contribution is 5.92. The number of fused-ring (bicyclic) bond motifs is 2. The number of amides is 1. The molecule has 1 atom stereocenters. The zero-order chi connectivity index (χ0) is 25.1. The summed E-state index contributed by atoms with van der Waals surface area (Å²) < 4.78 is 1.36. The van der Waals surface area contributed by atoms with Gasteiger partial charge < -0.3 is 20.8 Å². The molecule has 0 bridgehead atoms. The summed E-state index contributed by atoms with van der Waals surface area (Å²) in [5.74, 6) is 0.267. The zero-order valence-corrected chi connectivity index (χ0v) is 19.9. The van der Waals surface area contributed by atoms with Crippen molar-refractivity contribution in [3.05, 3.63) is 87.7 Å². The number of carbonyl (C=O) groups excluding carboxylic acids is 1. The van der Waals surface area contributed by atoms with Gasteiger partial charge in [0.15, 0.2) is 0 Å². The van der Waals surface area contributed by atoms with Crippen LogP contribution < -0.4 is 16.2 Å². The molecule has 4 N–H and O–H groups in total. The van der Waals surface area contributed by atoms with Crippen molar-refractivity contribution in [2.75, 3.05) is 13.2 Å². The first-order valence-corrected chi connectivity index (χ1v) is 12.2. The molecule has 1 saturated carbocycles. The molecule has 186 valence electrons. The molecule has 1 amide bonds. The molecule has 1 fully saturated rings. The van der Waals surface area contributed by atoms with E-state index >= 15 is 0 Å². The Morgan fingerprint density at radius 2 is 1.97 bits per heavy atom. The first kappa shape index (κ1) is 24.1. The molecule has 1 aliphatic carbocycles. The van der Waals surface area contributed by atoms with Gasteiger partial charge in [0.2, 0.25) is 0 Å². The van der Waals surface area contributed by atoms with Gasteiger partial charge in [-0.25, -0.2) is 4.98 Å². The van der Waals surface area contributed by atoms with Crippen LogP contribution in [-0.4, -0.2) is 43.6 Å². The molecule has 36 heavy (non-hydrogen) atoms. The van der Waals surface area contributed by atoms with Gasteiger partial charge in [-0.2, -0.15) is 0 Å². The Bertz CT molecular complexity index is 1460. The van der Waals surface area contributed by atoms with E-state index in [4.69, 9.17) is 0 Å². The number of rotatable bonds is 9. The Balaban J connectivity index is 1.36. The number of carbonyl (C=O) groups is 1. The maximum atomic E-state index is 12.8. The molecule has 5 rings (SSSR count). The predicted molar refractivity (Wildman–Crippen MR) is 135 cm³/mol. The lowest BCUT2D eigenvalue weighted by Gasteiger charge is -2.25. The third-order valence-corrected chi connectivity index (χ3v) is 6.69. The van der Waals surface area contributed by atoms with Gasteiger partial charge in [0.05, 0.1) is 24.5 Å². The molecule has 3 heterocycles. The second kappa shape index (κ2) is 10.5. The maximum absolute atomic E-state index is 12.8. The van der Waals surface area contributed by atoms with Crippen molar-refractivity contribution in [3.63, 3.8) is 0 Å². The van der Waals surface area contributed by atoms with E-state index in [1.807, 2.05) is 24.3 Å². The van der Waals surface area contributed by atoms with Crippen LogP contribution in [0.5, 0.6) is 0 Å². The first-order chi connectivity index (χ1) is 17.5. The SMILES string of the molecule is O=C(NCc1cc2cc(CNCC3CCC3)ccc2c(C(O)CO)n1)c1cc(=O)n2ccccc2n1. The molecule has 0 saturated heterocycles. The summed E-state index contributed by atoms with van der Waals surface area (Å²) >= 11 is 0. The van der Waals surface area contributed by atoms with E-state index in [-0.39, 0.29) is 17.8 Å². The number of hydrogen-bond donors (Lipinski definition) is 4. The monoisotopic (exact) mass is 487 g/mol. The molecule has 9 heteroatoms. The van der Waals surface area contributed by atoms with Crippen LogP contribution in [0, 0.1) is 5.92 Å². The topological polar surface area (TPSA) is 129 Å². The van der Waals surface area contributed by atoms with Gasteiger partial charge in [0.25, 0.3) is 11.5 Å². The highest BCUT2D eigenvalue weighted by Crippen LogP contribution is 2.26. The largest absolute Gasteiger partial charge is 0.393 e. The fourth-order valence-electron chi connectivity index (χ4n) is 4.48. The molecule has 0 radical (unpaired) electrons. The average Bonchev–Trinajstić information content (AvgIpc) is 2.87. The van der Waals surface area contributed by atoms with Crippen LogP contribution in [0.25, 0.3) is 16.4 Å². The lowest BCUT2D eigenvalue weighted by atomic mass is 9.85. The summed E-state index contributed by atoms with van der Waals surface area (Å²) in [6.07, 6.45) is 4.34. The molecule has 1 aliphatic rings. The standard InChI is InChI=1S/C27H29N5O4/c33-16-23(34)26-21-8-7-18(14-28-13-17-4-3-5-17)10-19(21)11-20(30-26)15-29-27(36)22-12-25(35)32-9-2-1-6-24(32)31-22/h1-2,6-12,17,23,28,33-34H,3-5,13-16H2,(H,29,36). The van der Waals surface area contributed by atoms with Gasteiger partial charge in [-0.05, 0) is 60.5 Å². The number of aliphatic hydroxyl groups excluding tert-OH is 2. The summed E-state index contributed by atoms with van der Waals surface area (Å²) in [5, 5.41) is 27.8. The Labute approximate surface area is 207 Å². The molecule has 4 aromatic rings. The van der Waals surface area contributed by atoms with Gasteiger partial charge in [-0.3, -0.25) is 19.0 Å². The number of nitrogens with one attached hydrogen (secondary N) is 2. The first-order valence-electron chi connectivity index (χ1n) is 12.2. The predicted octanol–water partition coefficient (Wildman–Crippen LogP) is 2.09. The summed E-state index contributed by atoms with van der Waals surface area (Å²) in [6.45, 7) is 1.35. The van der Waals surface area contributed by atoms with Crippen molar-refractivity contribution >= 4 is 22.3 Å². The number of pyridine rings is 2. The average molecular weight is 488 g/mol. The van der Waals surface area contributed by atoms with Crippen LogP contribution in [-0.2, 0) is 13.1 Å². The van der Waals surface area contributed by atoms with Gasteiger partial charge in [0.1, 0.15) is 17.4 Å². The van der Waals surface area contributed by atoms with E-state index in [1.54, 1.807) is 24.4 Å². The third-order valence-electron chi connectivity index (χ3n) is 6.69. The van der Waals surface area contributed by atoms with Crippen molar-refractivity contribution in [1.29, 1.82) is 0 Å². The van der Waals surface area contributed by atoms with Gasteiger partial charge in [0, 0.05) is 24.2 Å². The van der Waals surface area contributed by atoms with Crippen LogP contribution in [0.2, 0.25) is 0 Å². The van der Waals surface area contributed by atoms with Crippen molar-refractivity contribution in [2.24, 2.45) is 5.92 Å². The Kier molecular flexibility index (Phi) is 7.04. The Hall–Kier alpha value is -3.66. The highest BCUT2D eigenvalue weighted by atomic mass is 16.3. The maximum Gasteiger partial charge on any atom is 0.270 e. The summed E-state index contributed by atoms with van der Waals surface area (Å²) in [5.41, 5.74) is 2.04. The fraction of sp³-hybridized carbons (Fsp3) is 0.333. The van der Waals surface area contributed by atoms with Crippen LogP contribution in [0.1, 0.15) is 52.8 Å². The quantitative estimate of drug-likeness (QED) is 0.285. The normalized spacial score (nSPS) is 14.6. The molecule has 3 aromatic heterocycles. The van der Waals surface area contributed by atoms with Crippen LogP contribution >= 0.6 is 0 Å². The van der Waals surface area contributed by atoms with Crippen molar-refractivity contribution in [2.45, 2.75) is 38.5 Å². The molecule has 1 aromatic carbocycles. The highest BCUT2D eigenvalue weighted by Gasteiger charge is 2.18. The lowest BCUT2D eigenvalue weighted by Crippen LogP contribution is -2.27. The van der Waals surface area contributed by atoms with Crippen LogP contribution in [0.3, 0.4) is 0 Å². The Morgan fingerprint density at radius 3 is 2.75 bits per heavy atom. The molecule has 0 spiro atoms. The summed E-state index contributed by atoms with van der Waals surface area (Å²) in [7, 11) is 0. The van der Waals surface area contributed by atoms with Crippen molar-refractivity contribution in [1.82, 2.24) is 25.0 Å². The van der Waals surface area contributed by atoms with E-state index in [9.17, 15) is 19.8 Å². The second-order valence-electron chi connectivity index (χ2n) is 9.27. The second-order valence-corrected chi connectivity index (χ2v) is 9.27. The van der Waals surface area contributed by atoms with E-state index in [2.05, 4.69) is 20.6 Å². The van der Waals surface area contributed by atoms with E-state index in [0.717, 1.165) is 35.3 Å². The van der Waals surface area contributed by atoms with Crippen molar-refractivity contribution in [3.8, 4) is 0 Å². The van der Waals surface area contributed by atoms with E-state index < -0.39 is 18.6 Å². The molecular weight excluding hydrogens is 458 g/mol. The minimum Gasteiger partial charge on any atom is -0.393 e. The van der Waals surface area contributed by atoms with E-state index in [0.29, 0.717) is 17.0 Å². The minimum atomic E-state index is -1.15. The molecule has 0 aliphatic heterocycles. The lowest BCUT2D eigenvalue weighted by molar-refractivity contribution is 0.0929. The van der Waals surface area contributed by atoms with Gasteiger partial charge >= 0.3 is 0 Å². The summed E-state index contributed by atoms with van der Waals surface area (Å²) in [6, 6.07) is 14.1. The smallest absolute Gasteiger partial charge is 0.270 e. The minimum absolute atomic E-state index is 0.0161. The molecule has 9 nitrogen and oxygen atoms in total. The number of aliphatic hydroxyl groups is 2. The summed E-state index contributed by atoms with van der Waals surface area (Å²) in [4.78, 5) is 33.9. The number of hydrogen-bond acceptors (Lipinski definition) is 7. The zero-order valence-electron chi connectivity index (χ0n) is 19.9. The fourth-order valence-corrected chi connectivity index (χ4v) is 4.48. The van der Waals surface area contributed by atoms with Gasteiger partial charge in [-0.1, -0.05) is 24.6 Å². The number of nitrogens with zero attached hydrogens (tertiary/aromatic N) is 3. The Morgan fingerprint density at radius 1 is 1.11 bits per heavy atom. The van der Waals surface area contributed by atoms with Crippen molar-refractivity contribution < 1.29 is 15.0 Å². The van der Waals surface area contributed by atoms with Gasteiger partial charge in [-0.15, -0.1) is 0 Å².